The molecule has 0 bridgehead atoms. The molecule has 0 aliphatic rings. The molecule has 0 radical (unpaired) electrons. The first kappa shape index (κ1) is 17.1. The molecule has 1 aromatic carbocycles. The number of carbonyl (C=O) groups is 2. The maximum absolute atomic E-state index is 12.2. The number of hydrogen-bond acceptors (Lipinski definition) is 4. The summed E-state index contributed by atoms with van der Waals surface area (Å²) in [7, 11) is 3.27. The zero-order valence-electron chi connectivity index (χ0n) is 12.3. The van der Waals surface area contributed by atoms with Gasteiger partial charge in [0, 0.05) is 18.3 Å². The fraction of sp³-hybridized carbons (Fsp3) is 0.357. The molecular weight excluding hydrogens is 288 g/mol. The minimum Gasteiger partial charge on any atom is -0.389 e. The first-order valence-corrected chi connectivity index (χ1v) is 6.87. The molecule has 0 fully saturated rings. The van der Waals surface area contributed by atoms with Crippen LogP contribution in [0.2, 0.25) is 0 Å². The number of nitrogens with one attached hydrogen (secondary N) is 2. The molecule has 0 aliphatic heterocycles. The molecule has 1 atom stereocenters. The van der Waals surface area contributed by atoms with Crippen LogP contribution in [0, 0.1) is 0 Å². The standard InChI is InChI=1S/C14H20N4O2S/c1-9(18(3)8-12(19)16-2)14(20)17-11-6-4-5-10(7-11)13(15)21/h4-7,9H,8H2,1-3H3,(H2,15,21)(H,16,19)(H,17,20). The molecule has 1 aromatic rings. The van der Waals surface area contributed by atoms with Crippen molar-refractivity contribution in [3.63, 3.8) is 0 Å². The average molecular weight is 308 g/mol. The Kier molecular flexibility index (Phi) is 6.26. The van der Waals surface area contributed by atoms with Gasteiger partial charge in [-0.1, -0.05) is 24.4 Å². The van der Waals surface area contributed by atoms with Gasteiger partial charge < -0.3 is 16.4 Å². The maximum Gasteiger partial charge on any atom is 0.241 e. The van der Waals surface area contributed by atoms with Crippen molar-refractivity contribution in [1.29, 1.82) is 0 Å². The van der Waals surface area contributed by atoms with Crippen molar-refractivity contribution in [1.82, 2.24) is 10.2 Å². The lowest BCUT2D eigenvalue weighted by Crippen LogP contribution is -2.44. The number of amides is 2. The average Bonchev–Trinajstić information content (AvgIpc) is 2.46. The number of hydrogen-bond donors (Lipinski definition) is 3. The zero-order valence-corrected chi connectivity index (χ0v) is 13.2. The summed E-state index contributed by atoms with van der Waals surface area (Å²) in [6.45, 7) is 1.88. The highest BCUT2D eigenvalue weighted by molar-refractivity contribution is 7.80. The van der Waals surface area contributed by atoms with Gasteiger partial charge in [-0.05, 0) is 26.1 Å². The van der Waals surface area contributed by atoms with Crippen molar-refractivity contribution >= 4 is 34.7 Å². The first-order chi connectivity index (χ1) is 9.85. The predicted molar refractivity (Wildman–Crippen MR) is 87.1 cm³/mol. The van der Waals surface area contributed by atoms with Gasteiger partial charge in [0.1, 0.15) is 4.99 Å². The summed E-state index contributed by atoms with van der Waals surface area (Å²) < 4.78 is 0. The Bertz CT molecular complexity index is 548. The molecule has 0 saturated heterocycles. The highest BCUT2D eigenvalue weighted by Crippen LogP contribution is 2.11. The van der Waals surface area contributed by atoms with Crippen molar-refractivity contribution < 1.29 is 9.59 Å². The lowest BCUT2D eigenvalue weighted by Gasteiger charge is -2.23. The first-order valence-electron chi connectivity index (χ1n) is 6.46. The second kappa shape index (κ2) is 7.70. The van der Waals surface area contributed by atoms with Crippen LogP contribution >= 0.6 is 12.2 Å². The van der Waals surface area contributed by atoms with E-state index >= 15 is 0 Å². The molecule has 2 amide bonds. The minimum absolute atomic E-state index is 0.146. The van der Waals surface area contributed by atoms with Crippen LogP contribution in [0.25, 0.3) is 0 Å². The number of benzene rings is 1. The van der Waals surface area contributed by atoms with Crippen LogP contribution in [-0.2, 0) is 9.59 Å². The lowest BCUT2D eigenvalue weighted by atomic mass is 10.2. The molecular formula is C14H20N4O2S. The summed E-state index contributed by atoms with van der Waals surface area (Å²) in [6.07, 6.45) is 0. The third-order valence-electron chi connectivity index (χ3n) is 3.13. The second-order valence-electron chi connectivity index (χ2n) is 4.70. The molecule has 6 nitrogen and oxygen atoms in total. The van der Waals surface area contributed by atoms with Crippen molar-refractivity contribution in [3.8, 4) is 0 Å². The third-order valence-corrected chi connectivity index (χ3v) is 3.36. The van der Waals surface area contributed by atoms with Crippen molar-refractivity contribution in [2.24, 2.45) is 5.73 Å². The van der Waals surface area contributed by atoms with Crippen molar-refractivity contribution in [2.45, 2.75) is 13.0 Å². The van der Waals surface area contributed by atoms with E-state index < -0.39 is 6.04 Å². The quantitative estimate of drug-likeness (QED) is 0.659. The van der Waals surface area contributed by atoms with Crippen LogP contribution in [0.15, 0.2) is 24.3 Å². The molecule has 1 unspecified atom stereocenters. The summed E-state index contributed by atoms with van der Waals surface area (Å²) in [4.78, 5) is 25.4. The van der Waals surface area contributed by atoms with E-state index in [0.717, 1.165) is 0 Å². The highest BCUT2D eigenvalue weighted by Gasteiger charge is 2.19. The van der Waals surface area contributed by atoms with Gasteiger partial charge in [-0.15, -0.1) is 0 Å². The monoisotopic (exact) mass is 308 g/mol. The topological polar surface area (TPSA) is 87.5 Å². The number of thiocarbonyl (C=S) groups is 1. The number of nitrogens with zero attached hydrogens (tertiary/aromatic N) is 1. The molecule has 0 saturated carbocycles. The molecule has 0 aromatic heterocycles. The lowest BCUT2D eigenvalue weighted by molar-refractivity contribution is -0.124. The van der Waals surface area contributed by atoms with Gasteiger partial charge in [0.25, 0.3) is 0 Å². The van der Waals surface area contributed by atoms with E-state index in [1.165, 1.54) is 0 Å². The van der Waals surface area contributed by atoms with Crippen LogP contribution in [0.3, 0.4) is 0 Å². The molecule has 1 rings (SSSR count). The van der Waals surface area contributed by atoms with E-state index in [4.69, 9.17) is 18.0 Å². The van der Waals surface area contributed by atoms with E-state index in [9.17, 15) is 9.59 Å². The Morgan fingerprint density at radius 2 is 2.10 bits per heavy atom. The molecule has 0 aliphatic carbocycles. The summed E-state index contributed by atoms with van der Waals surface area (Å²) in [5.74, 6) is -0.353. The van der Waals surface area contributed by atoms with Crippen LogP contribution < -0.4 is 16.4 Å². The molecule has 7 heteroatoms. The highest BCUT2D eigenvalue weighted by atomic mass is 32.1. The summed E-state index contributed by atoms with van der Waals surface area (Å²) in [5.41, 5.74) is 6.86. The van der Waals surface area contributed by atoms with Crippen molar-refractivity contribution in [3.05, 3.63) is 29.8 Å². The minimum atomic E-state index is -0.448. The normalized spacial score (nSPS) is 11.8. The molecule has 114 valence electrons. The van der Waals surface area contributed by atoms with Gasteiger partial charge in [-0.3, -0.25) is 14.5 Å². The number of nitrogens with two attached hydrogens (primary N) is 1. The van der Waals surface area contributed by atoms with Gasteiger partial charge in [-0.2, -0.15) is 0 Å². The van der Waals surface area contributed by atoms with Gasteiger partial charge in [0.05, 0.1) is 12.6 Å². The summed E-state index contributed by atoms with van der Waals surface area (Å²) in [6, 6.07) is 6.56. The Balaban J connectivity index is 2.69. The molecule has 0 heterocycles. The summed E-state index contributed by atoms with van der Waals surface area (Å²) >= 11 is 4.90. The van der Waals surface area contributed by atoms with Crippen LogP contribution in [0.4, 0.5) is 5.69 Å². The van der Waals surface area contributed by atoms with Crippen molar-refractivity contribution in [2.75, 3.05) is 26.0 Å². The molecule has 4 N–H and O–H groups in total. The maximum atomic E-state index is 12.2. The van der Waals surface area contributed by atoms with Crippen LogP contribution in [-0.4, -0.2) is 48.4 Å². The van der Waals surface area contributed by atoms with Gasteiger partial charge in [0.15, 0.2) is 0 Å². The fourth-order valence-electron chi connectivity index (χ4n) is 1.64. The SMILES string of the molecule is CNC(=O)CN(C)C(C)C(=O)Nc1cccc(C(N)=S)c1. The zero-order chi connectivity index (χ0) is 16.0. The Labute approximate surface area is 129 Å². The smallest absolute Gasteiger partial charge is 0.241 e. The van der Waals surface area contributed by atoms with E-state index in [1.54, 1.807) is 50.2 Å². The van der Waals surface area contributed by atoms with Gasteiger partial charge >= 0.3 is 0 Å². The van der Waals surface area contributed by atoms with Gasteiger partial charge in [0.2, 0.25) is 11.8 Å². The van der Waals surface area contributed by atoms with E-state index in [2.05, 4.69) is 10.6 Å². The molecule has 21 heavy (non-hydrogen) atoms. The van der Waals surface area contributed by atoms with E-state index in [0.29, 0.717) is 11.3 Å². The van der Waals surface area contributed by atoms with E-state index in [1.807, 2.05) is 0 Å². The second-order valence-corrected chi connectivity index (χ2v) is 5.14. The predicted octanol–water partition coefficient (Wildman–Crippen LogP) is 0.326. The Morgan fingerprint density at radius 3 is 2.67 bits per heavy atom. The number of anilines is 1. The number of carbonyl (C=O) groups excluding carboxylic acids is 2. The van der Waals surface area contributed by atoms with Gasteiger partial charge in [-0.25, -0.2) is 0 Å². The largest absolute Gasteiger partial charge is 0.389 e. The Hall–Kier alpha value is -1.99. The van der Waals surface area contributed by atoms with Crippen LogP contribution in [0.5, 0.6) is 0 Å². The third kappa shape index (κ3) is 5.13. The van der Waals surface area contributed by atoms with Crippen LogP contribution in [0.1, 0.15) is 12.5 Å². The van der Waals surface area contributed by atoms with E-state index in [-0.39, 0.29) is 23.3 Å². The summed E-state index contributed by atoms with van der Waals surface area (Å²) in [5, 5.41) is 5.30. The Morgan fingerprint density at radius 1 is 1.43 bits per heavy atom. The number of likely N-dealkylation sites (N-methyl/N-ethyl adjacent to an activating group) is 2. The fourth-order valence-corrected chi connectivity index (χ4v) is 1.77. The number of rotatable bonds is 6. The molecule has 0 spiro atoms.